The van der Waals surface area contributed by atoms with Crippen molar-refractivity contribution in [2.24, 2.45) is 5.73 Å². The second kappa shape index (κ2) is 3.74. The predicted octanol–water partition coefficient (Wildman–Crippen LogP) is 1.73. The van der Waals surface area contributed by atoms with Gasteiger partial charge in [-0.05, 0) is 12.5 Å². The highest BCUT2D eigenvalue weighted by atomic mass is 35.5. The molecule has 1 aromatic heterocycles. The van der Waals surface area contributed by atoms with E-state index in [2.05, 4.69) is 4.98 Å². The van der Waals surface area contributed by atoms with Crippen LogP contribution in [0.3, 0.4) is 0 Å². The number of aromatic nitrogens is 1. The van der Waals surface area contributed by atoms with Crippen LogP contribution in [0.25, 0.3) is 0 Å². The summed E-state index contributed by atoms with van der Waals surface area (Å²) in [6.07, 6.45) is 2.38. The number of nitrogens with zero attached hydrogens (tertiary/aromatic N) is 1. The summed E-state index contributed by atoms with van der Waals surface area (Å²) in [5, 5.41) is 0.541. The Morgan fingerprint density at radius 1 is 1.67 bits per heavy atom. The Hall–Kier alpha value is -0.800. The molecule has 4 N–H and O–H groups in total. The molecule has 0 aliphatic carbocycles. The molecule has 0 unspecified atom stereocenters. The molecule has 1 aromatic rings. The van der Waals surface area contributed by atoms with E-state index in [0.29, 0.717) is 10.7 Å². The highest BCUT2D eigenvalue weighted by Gasteiger charge is 2.08. The maximum atomic E-state index is 5.76. The predicted molar refractivity (Wildman–Crippen MR) is 50.9 cm³/mol. The molecule has 0 saturated carbocycles. The molecule has 4 heteroatoms. The monoisotopic (exact) mass is 185 g/mol. The van der Waals surface area contributed by atoms with E-state index in [1.807, 2.05) is 6.92 Å². The first-order chi connectivity index (χ1) is 5.65. The highest BCUT2D eigenvalue weighted by molar-refractivity contribution is 6.30. The third-order valence-corrected chi connectivity index (χ3v) is 1.91. The van der Waals surface area contributed by atoms with Crippen LogP contribution in [-0.4, -0.2) is 4.98 Å². The molecule has 1 rings (SSSR count). The third kappa shape index (κ3) is 1.87. The van der Waals surface area contributed by atoms with E-state index in [4.69, 9.17) is 23.1 Å². The number of anilines is 1. The minimum Gasteiger partial charge on any atom is -0.397 e. The molecule has 0 spiro atoms. The van der Waals surface area contributed by atoms with E-state index in [-0.39, 0.29) is 6.04 Å². The van der Waals surface area contributed by atoms with Gasteiger partial charge >= 0.3 is 0 Å². The van der Waals surface area contributed by atoms with E-state index in [0.717, 1.165) is 12.1 Å². The smallest absolute Gasteiger partial charge is 0.0800 e. The molecule has 0 bridgehead atoms. The first-order valence-electron chi connectivity index (χ1n) is 3.81. The van der Waals surface area contributed by atoms with Crippen molar-refractivity contribution in [1.82, 2.24) is 4.98 Å². The Labute approximate surface area is 76.7 Å². The van der Waals surface area contributed by atoms with Gasteiger partial charge in [-0.1, -0.05) is 18.5 Å². The average molecular weight is 186 g/mol. The quantitative estimate of drug-likeness (QED) is 0.738. The Morgan fingerprint density at radius 2 is 2.33 bits per heavy atom. The van der Waals surface area contributed by atoms with Crippen LogP contribution < -0.4 is 11.5 Å². The lowest BCUT2D eigenvalue weighted by molar-refractivity contribution is 0.678. The normalized spacial score (nSPS) is 12.9. The minimum absolute atomic E-state index is 0.0951. The molecule has 0 saturated heterocycles. The summed E-state index contributed by atoms with van der Waals surface area (Å²) in [6.45, 7) is 1.99. The van der Waals surface area contributed by atoms with Gasteiger partial charge in [-0.25, -0.2) is 0 Å². The van der Waals surface area contributed by atoms with Crippen molar-refractivity contribution >= 4 is 17.3 Å². The van der Waals surface area contributed by atoms with Gasteiger partial charge in [0.1, 0.15) is 0 Å². The van der Waals surface area contributed by atoms with E-state index in [1.165, 1.54) is 0 Å². The summed E-state index contributed by atoms with van der Waals surface area (Å²) < 4.78 is 0. The van der Waals surface area contributed by atoms with Crippen LogP contribution in [0.5, 0.6) is 0 Å². The number of hydrogen-bond donors (Lipinski definition) is 2. The molecule has 66 valence electrons. The van der Waals surface area contributed by atoms with Crippen molar-refractivity contribution in [2.75, 3.05) is 5.73 Å². The summed E-state index contributed by atoms with van der Waals surface area (Å²) >= 11 is 5.68. The molecular formula is C8H12ClN3. The Bertz CT molecular complexity index is 275. The van der Waals surface area contributed by atoms with Crippen molar-refractivity contribution in [1.29, 1.82) is 0 Å². The van der Waals surface area contributed by atoms with Gasteiger partial charge in [0.2, 0.25) is 0 Å². The maximum Gasteiger partial charge on any atom is 0.0800 e. The SMILES string of the molecule is CC[C@@H](N)c1ncc(Cl)cc1N. The summed E-state index contributed by atoms with van der Waals surface area (Å²) in [5.41, 5.74) is 12.7. The third-order valence-electron chi connectivity index (χ3n) is 1.71. The van der Waals surface area contributed by atoms with E-state index in [9.17, 15) is 0 Å². The van der Waals surface area contributed by atoms with Crippen LogP contribution in [0.15, 0.2) is 12.3 Å². The summed E-state index contributed by atoms with van der Waals surface area (Å²) in [4.78, 5) is 4.07. The minimum atomic E-state index is -0.0951. The van der Waals surface area contributed by atoms with Crippen LogP contribution in [-0.2, 0) is 0 Å². The zero-order chi connectivity index (χ0) is 9.14. The van der Waals surface area contributed by atoms with Crippen molar-refractivity contribution in [2.45, 2.75) is 19.4 Å². The second-order valence-corrected chi connectivity index (χ2v) is 3.08. The molecule has 0 amide bonds. The average Bonchev–Trinajstić information content (AvgIpc) is 2.03. The van der Waals surface area contributed by atoms with Gasteiger partial charge in [-0.3, -0.25) is 4.98 Å². The topological polar surface area (TPSA) is 64.9 Å². The first-order valence-corrected chi connectivity index (χ1v) is 4.19. The number of pyridine rings is 1. The van der Waals surface area contributed by atoms with Crippen molar-refractivity contribution in [3.8, 4) is 0 Å². The fourth-order valence-electron chi connectivity index (χ4n) is 0.969. The van der Waals surface area contributed by atoms with Gasteiger partial charge in [-0.2, -0.15) is 0 Å². The molecular weight excluding hydrogens is 174 g/mol. The molecule has 0 aliphatic heterocycles. The lowest BCUT2D eigenvalue weighted by Gasteiger charge is -2.10. The molecule has 0 aromatic carbocycles. The van der Waals surface area contributed by atoms with E-state index in [1.54, 1.807) is 12.3 Å². The van der Waals surface area contributed by atoms with Gasteiger partial charge in [0.05, 0.1) is 16.4 Å². The standard InChI is InChI=1S/C8H12ClN3/c1-2-6(10)8-7(11)3-5(9)4-12-8/h3-4,6H,2,10-11H2,1H3/t6-/m1/s1. The van der Waals surface area contributed by atoms with Crippen molar-refractivity contribution < 1.29 is 0 Å². The number of hydrogen-bond acceptors (Lipinski definition) is 3. The zero-order valence-corrected chi connectivity index (χ0v) is 7.67. The summed E-state index contributed by atoms with van der Waals surface area (Å²) in [7, 11) is 0. The van der Waals surface area contributed by atoms with Crippen LogP contribution in [0, 0.1) is 0 Å². The molecule has 0 aliphatic rings. The maximum absolute atomic E-state index is 5.76. The van der Waals surface area contributed by atoms with Gasteiger partial charge in [0.15, 0.2) is 0 Å². The van der Waals surface area contributed by atoms with Crippen molar-refractivity contribution in [3.05, 3.63) is 23.0 Å². The van der Waals surface area contributed by atoms with Crippen molar-refractivity contribution in [3.63, 3.8) is 0 Å². The molecule has 0 fully saturated rings. The molecule has 3 nitrogen and oxygen atoms in total. The second-order valence-electron chi connectivity index (χ2n) is 2.64. The fraction of sp³-hybridized carbons (Fsp3) is 0.375. The van der Waals surface area contributed by atoms with Gasteiger partial charge < -0.3 is 11.5 Å². The van der Waals surface area contributed by atoms with Crippen LogP contribution in [0.4, 0.5) is 5.69 Å². The Balaban J connectivity index is 3.01. The lowest BCUT2D eigenvalue weighted by atomic mass is 10.1. The largest absolute Gasteiger partial charge is 0.397 e. The molecule has 1 atom stereocenters. The molecule has 1 heterocycles. The van der Waals surface area contributed by atoms with Crippen LogP contribution in [0.1, 0.15) is 25.1 Å². The van der Waals surface area contributed by atoms with Crippen LogP contribution in [0.2, 0.25) is 5.02 Å². The lowest BCUT2D eigenvalue weighted by Crippen LogP contribution is -2.12. The summed E-state index contributed by atoms with van der Waals surface area (Å²) in [5.74, 6) is 0. The van der Waals surface area contributed by atoms with Gasteiger partial charge in [0.25, 0.3) is 0 Å². The Morgan fingerprint density at radius 3 is 2.83 bits per heavy atom. The van der Waals surface area contributed by atoms with E-state index < -0.39 is 0 Å². The number of halogens is 1. The van der Waals surface area contributed by atoms with Gasteiger partial charge in [0, 0.05) is 12.2 Å². The number of nitrogen functional groups attached to an aromatic ring is 1. The fourth-order valence-corrected chi connectivity index (χ4v) is 1.14. The van der Waals surface area contributed by atoms with Gasteiger partial charge in [-0.15, -0.1) is 0 Å². The highest BCUT2D eigenvalue weighted by Crippen LogP contribution is 2.21. The first kappa shape index (κ1) is 9.29. The zero-order valence-electron chi connectivity index (χ0n) is 6.92. The number of rotatable bonds is 2. The number of nitrogens with two attached hydrogens (primary N) is 2. The van der Waals surface area contributed by atoms with E-state index >= 15 is 0 Å². The van der Waals surface area contributed by atoms with Crippen LogP contribution >= 0.6 is 11.6 Å². The molecule has 12 heavy (non-hydrogen) atoms. The Kier molecular flexibility index (Phi) is 2.89. The molecule has 0 radical (unpaired) electrons. The summed E-state index contributed by atoms with van der Waals surface area (Å²) in [6, 6.07) is 1.57.